The number of carbonyl (C=O) groups excluding carboxylic acids is 2. The van der Waals surface area contributed by atoms with Crippen molar-refractivity contribution >= 4 is 11.8 Å². The van der Waals surface area contributed by atoms with Crippen LogP contribution >= 0.6 is 0 Å². The van der Waals surface area contributed by atoms with Gasteiger partial charge >= 0.3 is 0 Å². The summed E-state index contributed by atoms with van der Waals surface area (Å²) in [5.41, 5.74) is 0.267. The van der Waals surface area contributed by atoms with Crippen molar-refractivity contribution in [3.8, 4) is 0 Å². The van der Waals surface area contributed by atoms with Crippen LogP contribution in [0.3, 0.4) is 0 Å². The van der Waals surface area contributed by atoms with Gasteiger partial charge in [0.2, 0.25) is 11.8 Å². The van der Waals surface area contributed by atoms with E-state index < -0.39 is 0 Å². The molecule has 0 aromatic carbocycles. The minimum Gasteiger partial charge on any atom is -0.283 e. The Labute approximate surface area is 121 Å². The standard InChI is InChI=1S/C17H25NO2/c19-15-3-1-2-4-18(15)16(20)11-17-8-12-5-13(9-17)7-14(6-12)10-17/h12-14H,1-11H2. The smallest absolute Gasteiger partial charge is 0.229 e. The van der Waals surface area contributed by atoms with Gasteiger partial charge in [-0.05, 0) is 74.5 Å². The van der Waals surface area contributed by atoms with Gasteiger partial charge in [0.05, 0.1) is 0 Å². The highest BCUT2D eigenvalue weighted by Gasteiger charge is 2.52. The van der Waals surface area contributed by atoms with Crippen molar-refractivity contribution in [3.05, 3.63) is 0 Å². The molecule has 0 aromatic heterocycles. The maximum atomic E-state index is 12.6. The van der Waals surface area contributed by atoms with Gasteiger partial charge in [-0.1, -0.05) is 0 Å². The van der Waals surface area contributed by atoms with E-state index in [1.165, 1.54) is 38.5 Å². The van der Waals surface area contributed by atoms with Crippen LogP contribution in [-0.2, 0) is 9.59 Å². The zero-order valence-electron chi connectivity index (χ0n) is 12.3. The maximum Gasteiger partial charge on any atom is 0.229 e. The summed E-state index contributed by atoms with van der Waals surface area (Å²) in [4.78, 5) is 26.1. The van der Waals surface area contributed by atoms with Crippen molar-refractivity contribution < 1.29 is 9.59 Å². The second-order valence-corrected chi connectivity index (χ2v) is 7.99. The van der Waals surface area contributed by atoms with Crippen LogP contribution in [0.15, 0.2) is 0 Å². The number of carbonyl (C=O) groups is 2. The van der Waals surface area contributed by atoms with Crippen LogP contribution in [0.1, 0.15) is 64.2 Å². The summed E-state index contributed by atoms with van der Waals surface area (Å²) in [6, 6.07) is 0. The van der Waals surface area contributed by atoms with Gasteiger partial charge in [0.1, 0.15) is 0 Å². The molecule has 4 bridgehead atoms. The molecule has 110 valence electrons. The van der Waals surface area contributed by atoms with Gasteiger partial charge in [-0.3, -0.25) is 14.5 Å². The molecule has 4 aliphatic carbocycles. The molecule has 3 nitrogen and oxygen atoms in total. The first-order valence-electron chi connectivity index (χ1n) is 8.47. The Morgan fingerprint density at radius 1 is 1.05 bits per heavy atom. The molecule has 0 aromatic rings. The minimum atomic E-state index is 0.0750. The van der Waals surface area contributed by atoms with Crippen molar-refractivity contribution in [2.45, 2.75) is 64.2 Å². The third kappa shape index (κ3) is 2.10. The molecular weight excluding hydrogens is 250 g/mol. The normalized spacial score (nSPS) is 43.1. The largest absolute Gasteiger partial charge is 0.283 e. The molecule has 20 heavy (non-hydrogen) atoms. The van der Waals surface area contributed by atoms with Crippen molar-refractivity contribution in [3.63, 3.8) is 0 Å². The van der Waals surface area contributed by atoms with Crippen LogP contribution in [0.5, 0.6) is 0 Å². The fourth-order valence-corrected chi connectivity index (χ4v) is 5.99. The molecule has 4 saturated carbocycles. The number of amides is 2. The first kappa shape index (κ1) is 12.8. The molecule has 1 heterocycles. The second-order valence-electron chi connectivity index (χ2n) is 7.99. The molecule has 5 aliphatic rings. The Kier molecular flexibility index (Phi) is 2.94. The fourth-order valence-electron chi connectivity index (χ4n) is 5.99. The first-order chi connectivity index (χ1) is 9.63. The van der Waals surface area contributed by atoms with Gasteiger partial charge in [0, 0.05) is 19.4 Å². The molecule has 0 atom stereocenters. The lowest BCUT2D eigenvalue weighted by Crippen LogP contribution is -2.49. The SMILES string of the molecule is O=C1CCCCN1C(=O)CC12CC3CC(CC(C3)C1)C2. The van der Waals surface area contributed by atoms with Gasteiger partial charge in [-0.2, -0.15) is 0 Å². The fraction of sp³-hybridized carbons (Fsp3) is 0.882. The third-order valence-corrected chi connectivity index (χ3v) is 6.32. The lowest BCUT2D eigenvalue weighted by Gasteiger charge is -2.57. The summed E-state index contributed by atoms with van der Waals surface area (Å²) < 4.78 is 0. The minimum absolute atomic E-state index is 0.0750. The van der Waals surface area contributed by atoms with Crippen LogP contribution in [0, 0.1) is 23.2 Å². The topological polar surface area (TPSA) is 37.4 Å². The molecular formula is C17H25NO2. The molecule has 3 heteroatoms. The predicted molar refractivity (Wildman–Crippen MR) is 75.8 cm³/mol. The summed E-state index contributed by atoms with van der Waals surface area (Å²) in [5, 5.41) is 0. The highest BCUT2D eigenvalue weighted by atomic mass is 16.2. The Hall–Kier alpha value is -0.860. The lowest BCUT2D eigenvalue weighted by molar-refractivity contribution is -0.151. The predicted octanol–water partition coefficient (Wildman–Crippen LogP) is 3.13. The molecule has 5 fully saturated rings. The second kappa shape index (κ2) is 4.57. The average Bonchev–Trinajstić information content (AvgIpc) is 2.36. The van der Waals surface area contributed by atoms with Gasteiger partial charge in [0.25, 0.3) is 0 Å². The van der Waals surface area contributed by atoms with Gasteiger partial charge in [0.15, 0.2) is 0 Å². The Balaban J connectivity index is 1.48. The number of hydrogen-bond donors (Lipinski definition) is 0. The number of likely N-dealkylation sites (tertiary alicyclic amines) is 1. The van der Waals surface area contributed by atoms with Crippen LogP contribution in [-0.4, -0.2) is 23.3 Å². The van der Waals surface area contributed by atoms with Crippen molar-refractivity contribution in [2.24, 2.45) is 23.2 Å². The van der Waals surface area contributed by atoms with E-state index in [4.69, 9.17) is 0 Å². The van der Waals surface area contributed by atoms with Crippen LogP contribution < -0.4 is 0 Å². The summed E-state index contributed by atoms with van der Waals surface area (Å²) in [7, 11) is 0. The molecule has 0 N–H and O–H groups in total. The van der Waals surface area contributed by atoms with E-state index in [0.717, 1.165) is 30.6 Å². The quantitative estimate of drug-likeness (QED) is 0.776. The summed E-state index contributed by atoms with van der Waals surface area (Å²) in [6.45, 7) is 0.671. The third-order valence-electron chi connectivity index (χ3n) is 6.32. The molecule has 0 unspecified atom stereocenters. The number of piperidine rings is 1. The highest BCUT2D eigenvalue weighted by Crippen LogP contribution is 2.61. The van der Waals surface area contributed by atoms with E-state index >= 15 is 0 Å². The summed E-state index contributed by atoms with van der Waals surface area (Å²) in [5.74, 6) is 2.85. The van der Waals surface area contributed by atoms with E-state index in [9.17, 15) is 9.59 Å². The van der Waals surface area contributed by atoms with Crippen molar-refractivity contribution in [2.75, 3.05) is 6.54 Å². The monoisotopic (exact) mass is 275 g/mol. The van der Waals surface area contributed by atoms with E-state index in [1.54, 1.807) is 4.90 Å². The Morgan fingerprint density at radius 3 is 2.20 bits per heavy atom. The molecule has 1 saturated heterocycles. The molecule has 1 aliphatic heterocycles. The van der Waals surface area contributed by atoms with Gasteiger partial charge in [-0.25, -0.2) is 0 Å². The first-order valence-corrected chi connectivity index (χ1v) is 8.47. The van der Waals surface area contributed by atoms with E-state index in [0.29, 0.717) is 19.4 Å². The lowest BCUT2D eigenvalue weighted by atomic mass is 9.49. The van der Waals surface area contributed by atoms with Crippen molar-refractivity contribution in [1.29, 1.82) is 0 Å². The van der Waals surface area contributed by atoms with E-state index in [1.807, 2.05) is 0 Å². The highest BCUT2D eigenvalue weighted by molar-refractivity contribution is 5.96. The average molecular weight is 275 g/mol. The Morgan fingerprint density at radius 2 is 1.65 bits per heavy atom. The molecule has 5 rings (SSSR count). The number of hydrogen-bond acceptors (Lipinski definition) is 2. The van der Waals surface area contributed by atoms with Crippen LogP contribution in [0.2, 0.25) is 0 Å². The number of nitrogens with zero attached hydrogens (tertiary/aromatic N) is 1. The van der Waals surface area contributed by atoms with E-state index in [2.05, 4.69) is 0 Å². The molecule has 2 amide bonds. The van der Waals surface area contributed by atoms with Crippen LogP contribution in [0.4, 0.5) is 0 Å². The maximum absolute atomic E-state index is 12.6. The zero-order chi connectivity index (χ0) is 13.7. The van der Waals surface area contributed by atoms with Crippen molar-refractivity contribution in [1.82, 2.24) is 4.90 Å². The summed E-state index contributed by atoms with van der Waals surface area (Å²) in [6.07, 6.45) is 11.2. The van der Waals surface area contributed by atoms with Gasteiger partial charge in [-0.15, -0.1) is 0 Å². The van der Waals surface area contributed by atoms with Gasteiger partial charge < -0.3 is 0 Å². The molecule has 0 radical (unpaired) electrons. The summed E-state index contributed by atoms with van der Waals surface area (Å²) >= 11 is 0. The molecule has 0 spiro atoms. The number of imide groups is 1. The zero-order valence-corrected chi connectivity index (χ0v) is 12.3. The Bertz CT molecular complexity index is 407. The number of rotatable bonds is 2. The van der Waals surface area contributed by atoms with E-state index in [-0.39, 0.29) is 17.2 Å². The van der Waals surface area contributed by atoms with Crippen LogP contribution in [0.25, 0.3) is 0 Å².